The third-order valence-electron chi connectivity index (χ3n) is 7.93. The zero-order chi connectivity index (χ0) is 27.2. The van der Waals surface area contributed by atoms with Crippen molar-refractivity contribution in [2.45, 2.75) is 38.2 Å². The molecule has 9 heteroatoms. The first-order valence-electron chi connectivity index (χ1n) is 13.8. The molecule has 40 heavy (non-hydrogen) atoms. The van der Waals surface area contributed by atoms with Crippen LogP contribution in [0.2, 0.25) is 0 Å². The Morgan fingerprint density at radius 1 is 1.18 bits per heavy atom. The molecule has 4 aromatic rings. The number of rotatable bonds is 8. The van der Waals surface area contributed by atoms with E-state index in [-0.39, 0.29) is 11.8 Å². The molecule has 9 nitrogen and oxygen atoms in total. The van der Waals surface area contributed by atoms with E-state index in [0.29, 0.717) is 36.3 Å². The average molecular weight is 539 g/mol. The largest absolute Gasteiger partial charge is 0.487 e. The van der Waals surface area contributed by atoms with Crippen molar-refractivity contribution in [2.75, 3.05) is 31.2 Å². The Morgan fingerprint density at radius 3 is 2.80 bits per heavy atom. The molecule has 0 bridgehead atoms. The highest BCUT2D eigenvalue weighted by Crippen LogP contribution is 2.45. The van der Waals surface area contributed by atoms with Crippen LogP contribution in [0.5, 0.6) is 5.75 Å². The van der Waals surface area contributed by atoms with Gasteiger partial charge in [-0.3, -0.25) is 4.98 Å². The van der Waals surface area contributed by atoms with Crippen LogP contribution in [0, 0.1) is 12.8 Å². The van der Waals surface area contributed by atoms with Crippen molar-refractivity contribution in [3.05, 3.63) is 71.4 Å². The number of ether oxygens (including phenoxy) is 2. The van der Waals surface area contributed by atoms with Gasteiger partial charge in [0.05, 0.1) is 18.7 Å². The fourth-order valence-electron chi connectivity index (χ4n) is 5.49. The van der Waals surface area contributed by atoms with Gasteiger partial charge in [0.1, 0.15) is 23.3 Å². The van der Waals surface area contributed by atoms with Gasteiger partial charge in [0.2, 0.25) is 0 Å². The Hall–Kier alpha value is -4.24. The Bertz CT molecular complexity index is 1610. The lowest BCUT2D eigenvalue weighted by atomic mass is 9.95. The summed E-state index contributed by atoms with van der Waals surface area (Å²) < 4.78 is 17.5. The Kier molecular flexibility index (Phi) is 6.23. The van der Waals surface area contributed by atoms with E-state index in [4.69, 9.17) is 14.0 Å². The van der Waals surface area contributed by atoms with Crippen LogP contribution in [0.3, 0.4) is 0 Å². The second kappa shape index (κ2) is 10.1. The third-order valence-corrected chi connectivity index (χ3v) is 7.93. The number of nitrogens with zero attached hydrogens (tertiary/aromatic N) is 4. The number of anilines is 1. The molecular formula is C31H30N4O5. The number of benzene rings is 1. The smallest absolute Gasteiger partial charge is 0.354 e. The van der Waals surface area contributed by atoms with Crippen molar-refractivity contribution >= 4 is 28.6 Å². The molecule has 0 amide bonds. The molecule has 1 aliphatic carbocycles. The van der Waals surface area contributed by atoms with Crippen molar-refractivity contribution < 1.29 is 23.9 Å². The summed E-state index contributed by atoms with van der Waals surface area (Å²) in [5.41, 5.74) is 5.52. The Balaban J connectivity index is 1.11. The first kappa shape index (κ1) is 24.8. The summed E-state index contributed by atoms with van der Waals surface area (Å²) in [5.74, 6) is 1.29. The number of aromatic carboxylic acids is 1. The predicted octanol–water partition coefficient (Wildman–Crippen LogP) is 5.49. The van der Waals surface area contributed by atoms with Gasteiger partial charge in [-0.05, 0) is 50.1 Å². The number of pyridine rings is 2. The van der Waals surface area contributed by atoms with E-state index in [9.17, 15) is 9.90 Å². The maximum Gasteiger partial charge on any atom is 0.354 e. The molecule has 3 aliphatic rings. The maximum absolute atomic E-state index is 11.7. The van der Waals surface area contributed by atoms with Crippen LogP contribution in [-0.2, 0) is 4.74 Å². The first-order chi connectivity index (χ1) is 19.5. The van der Waals surface area contributed by atoms with E-state index < -0.39 is 5.97 Å². The van der Waals surface area contributed by atoms with Crippen LogP contribution >= 0.6 is 0 Å². The molecule has 3 aromatic heterocycles. The number of carboxylic acids is 1. The van der Waals surface area contributed by atoms with Crippen LogP contribution in [0.1, 0.15) is 52.7 Å². The SMILES string of the molecule is Cc1ncccc1-c1noc(C2CC2)c1/C=C/C1CN(c2ccc3nc(C(=O)O)cc(O[C@H]4CCOC4)c3c2)C1. The number of fused-ring (bicyclic) bond motifs is 1. The summed E-state index contributed by atoms with van der Waals surface area (Å²) in [4.78, 5) is 22.7. The van der Waals surface area contributed by atoms with E-state index in [1.807, 2.05) is 37.3 Å². The summed E-state index contributed by atoms with van der Waals surface area (Å²) in [5, 5.41) is 14.8. The molecule has 2 saturated heterocycles. The summed E-state index contributed by atoms with van der Waals surface area (Å²) in [7, 11) is 0. The zero-order valence-electron chi connectivity index (χ0n) is 22.2. The van der Waals surface area contributed by atoms with Crippen molar-refractivity contribution in [2.24, 2.45) is 5.92 Å². The fraction of sp³-hybridized carbons (Fsp3) is 0.355. The van der Waals surface area contributed by atoms with Crippen molar-refractivity contribution in [1.29, 1.82) is 0 Å². The van der Waals surface area contributed by atoms with Crippen LogP contribution in [0.4, 0.5) is 5.69 Å². The van der Waals surface area contributed by atoms with E-state index in [1.165, 1.54) is 6.07 Å². The first-order valence-corrected chi connectivity index (χ1v) is 13.8. The van der Waals surface area contributed by atoms with Gasteiger partial charge in [-0.25, -0.2) is 9.78 Å². The molecule has 0 unspecified atom stereocenters. The Labute approximate surface area is 231 Å². The molecule has 2 aliphatic heterocycles. The highest BCUT2D eigenvalue weighted by atomic mass is 16.5. The number of hydrogen-bond acceptors (Lipinski definition) is 8. The normalized spacial score (nSPS) is 19.4. The molecular weight excluding hydrogens is 508 g/mol. The van der Waals surface area contributed by atoms with Crippen LogP contribution < -0.4 is 9.64 Å². The summed E-state index contributed by atoms with van der Waals surface area (Å²) in [6.45, 7) is 4.90. The highest BCUT2D eigenvalue weighted by molar-refractivity contribution is 5.94. The molecule has 1 N–H and O–H groups in total. The quantitative estimate of drug-likeness (QED) is 0.311. The van der Waals surface area contributed by atoms with E-state index in [0.717, 1.165) is 71.7 Å². The molecule has 204 valence electrons. The topological polar surface area (TPSA) is 111 Å². The zero-order valence-corrected chi connectivity index (χ0v) is 22.2. The highest BCUT2D eigenvalue weighted by Gasteiger charge is 2.33. The third kappa shape index (κ3) is 4.70. The molecule has 5 heterocycles. The molecule has 0 radical (unpaired) electrons. The van der Waals surface area contributed by atoms with Gasteiger partial charge >= 0.3 is 5.97 Å². The van der Waals surface area contributed by atoms with Gasteiger partial charge < -0.3 is 24.0 Å². The summed E-state index contributed by atoms with van der Waals surface area (Å²) >= 11 is 0. The van der Waals surface area contributed by atoms with Gasteiger partial charge in [-0.1, -0.05) is 17.3 Å². The number of hydrogen-bond donors (Lipinski definition) is 1. The molecule has 1 aromatic carbocycles. The number of carbonyl (C=O) groups is 1. The van der Waals surface area contributed by atoms with Gasteiger partial charge in [0, 0.05) is 71.5 Å². The minimum Gasteiger partial charge on any atom is -0.487 e. The van der Waals surface area contributed by atoms with Crippen LogP contribution in [0.25, 0.3) is 28.2 Å². The number of carboxylic acid groups (broad SMARTS) is 1. The van der Waals surface area contributed by atoms with Crippen molar-refractivity contribution in [3.63, 3.8) is 0 Å². The van der Waals surface area contributed by atoms with Gasteiger partial charge in [0.25, 0.3) is 0 Å². The van der Waals surface area contributed by atoms with Crippen LogP contribution in [-0.4, -0.2) is 58.6 Å². The second-order valence-corrected chi connectivity index (χ2v) is 10.9. The molecule has 1 saturated carbocycles. The standard InChI is InChI=1S/C31H30N4O5/c1-18-23(3-2-11-32-18)29-24(30(40-34-29)20-5-6-20)8-4-19-15-35(16-19)21-7-9-26-25(13-21)28(14-27(33-26)31(36)37)39-22-10-12-38-17-22/h2-4,7-9,11,13-14,19-20,22H,5-6,10,12,15-17H2,1H3,(H,36,37)/b8-4+/t22-/m0/s1. The van der Waals surface area contributed by atoms with Gasteiger partial charge in [0.15, 0.2) is 5.69 Å². The molecule has 3 fully saturated rings. The monoisotopic (exact) mass is 538 g/mol. The lowest BCUT2D eigenvalue weighted by Crippen LogP contribution is -2.45. The lowest BCUT2D eigenvalue weighted by molar-refractivity contribution is 0.0690. The maximum atomic E-state index is 11.7. The summed E-state index contributed by atoms with van der Waals surface area (Å²) in [6, 6.07) is 11.4. The minimum atomic E-state index is -1.07. The van der Waals surface area contributed by atoms with Crippen molar-refractivity contribution in [1.82, 2.24) is 15.1 Å². The number of aromatic nitrogens is 3. The number of aryl methyl sites for hydroxylation is 1. The fourth-order valence-corrected chi connectivity index (χ4v) is 5.49. The van der Waals surface area contributed by atoms with Gasteiger partial charge in [-0.2, -0.15) is 0 Å². The van der Waals surface area contributed by atoms with Crippen LogP contribution in [0.15, 0.2) is 53.2 Å². The van der Waals surface area contributed by atoms with E-state index >= 15 is 0 Å². The minimum absolute atomic E-state index is 0.0246. The van der Waals surface area contributed by atoms with E-state index in [2.05, 4.69) is 32.2 Å². The van der Waals surface area contributed by atoms with Crippen molar-refractivity contribution in [3.8, 4) is 17.0 Å². The molecule has 0 spiro atoms. The average Bonchev–Trinajstić information content (AvgIpc) is 3.48. The summed E-state index contributed by atoms with van der Waals surface area (Å²) in [6.07, 6.45) is 9.22. The molecule has 7 rings (SSSR count). The Morgan fingerprint density at radius 2 is 2.05 bits per heavy atom. The van der Waals surface area contributed by atoms with E-state index in [1.54, 1.807) is 6.20 Å². The molecule has 1 atom stereocenters. The second-order valence-electron chi connectivity index (χ2n) is 10.9. The lowest BCUT2D eigenvalue weighted by Gasteiger charge is -2.39. The van der Waals surface area contributed by atoms with Gasteiger partial charge in [-0.15, -0.1) is 0 Å². The predicted molar refractivity (Wildman–Crippen MR) is 150 cm³/mol.